The molecule has 0 aliphatic carbocycles. The van der Waals surface area contributed by atoms with Gasteiger partial charge in [0.1, 0.15) is 0 Å². The lowest BCUT2D eigenvalue weighted by Gasteiger charge is -2.13. The third kappa shape index (κ3) is 5.39. The van der Waals surface area contributed by atoms with Crippen molar-refractivity contribution in [2.24, 2.45) is 16.6 Å². The fourth-order valence-electron chi connectivity index (χ4n) is 1.22. The van der Waals surface area contributed by atoms with Gasteiger partial charge in [-0.1, -0.05) is 25.6 Å². The van der Waals surface area contributed by atoms with Crippen LogP contribution in [-0.4, -0.2) is 29.4 Å². The summed E-state index contributed by atoms with van der Waals surface area (Å²) in [6.07, 6.45) is 0.712. The third-order valence-corrected chi connectivity index (χ3v) is 2.77. The van der Waals surface area contributed by atoms with Crippen LogP contribution in [0, 0.1) is 5.92 Å². The van der Waals surface area contributed by atoms with Crippen LogP contribution in [0.3, 0.4) is 0 Å². The smallest absolute Gasteiger partial charge is 0.242 e. The molecule has 88 valence electrons. The number of thioether (sulfide) groups is 1. The summed E-state index contributed by atoms with van der Waals surface area (Å²) in [5.74, 6) is 1.27. The van der Waals surface area contributed by atoms with E-state index in [1.807, 2.05) is 0 Å². The Bertz CT molecular complexity index is 246. The second-order valence-electron chi connectivity index (χ2n) is 3.76. The monoisotopic (exact) mass is 251 g/mol. The Morgan fingerprint density at radius 1 is 1.67 bits per heavy atom. The van der Waals surface area contributed by atoms with Crippen LogP contribution in [0.2, 0.25) is 0 Å². The van der Waals surface area contributed by atoms with Crippen molar-refractivity contribution in [3.8, 4) is 0 Å². The van der Waals surface area contributed by atoms with Gasteiger partial charge in [-0.15, -0.1) is 12.4 Å². The molecule has 15 heavy (non-hydrogen) atoms. The number of rotatable bonds is 3. The lowest BCUT2D eigenvalue weighted by atomic mass is 10.0. The lowest BCUT2D eigenvalue weighted by Crippen LogP contribution is -2.42. The van der Waals surface area contributed by atoms with Crippen molar-refractivity contribution in [2.45, 2.75) is 26.3 Å². The number of aliphatic imine (C=N–C) groups is 1. The number of nitrogens with zero attached hydrogens (tertiary/aromatic N) is 1. The zero-order chi connectivity index (χ0) is 10.6. The van der Waals surface area contributed by atoms with Gasteiger partial charge < -0.3 is 11.1 Å². The van der Waals surface area contributed by atoms with Crippen LogP contribution >= 0.6 is 24.2 Å². The van der Waals surface area contributed by atoms with E-state index >= 15 is 0 Å². The predicted octanol–water partition coefficient (Wildman–Crippen LogP) is 1.00. The highest BCUT2D eigenvalue weighted by Gasteiger charge is 2.17. The van der Waals surface area contributed by atoms with Gasteiger partial charge in [0, 0.05) is 5.75 Å². The Hall–Kier alpha value is -0.260. The minimum absolute atomic E-state index is 0. The molecule has 3 N–H and O–H groups in total. The predicted molar refractivity (Wildman–Crippen MR) is 67.6 cm³/mol. The number of halogens is 1. The third-order valence-electron chi connectivity index (χ3n) is 1.88. The van der Waals surface area contributed by atoms with Gasteiger partial charge in [0.05, 0.1) is 12.6 Å². The summed E-state index contributed by atoms with van der Waals surface area (Å²) in [5, 5.41) is 3.45. The van der Waals surface area contributed by atoms with Crippen LogP contribution in [0.25, 0.3) is 0 Å². The maximum absolute atomic E-state index is 11.5. The Labute approximate surface area is 101 Å². The summed E-state index contributed by atoms with van der Waals surface area (Å²) in [4.78, 5) is 15.6. The van der Waals surface area contributed by atoms with Crippen molar-refractivity contribution >= 4 is 35.2 Å². The molecule has 0 aromatic heterocycles. The average molecular weight is 252 g/mol. The van der Waals surface area contributed by atoms with Crippen LogP contribution in [0.1, 0.15) is 20.3 Å². The van der Waals surface area contributed by atoms with Gasteiger partial charge in [-0.3, -0.25) is 9.79 Å². The van der Waals surface area contributed by atoms with Crippen LogP contribution in [0.15, 0.2) is 4.99 Å². The first-order chi connectivity index (χ1) is 6.59. The van der Waals surface area contributed by atoms with Crippen molar-refractivity contribution in [3.05, 3.63) is 0 Å². The van der Waals surface area contributed by atoms with Crippen LogP contribution in [0.4, 0.5) is 0 Å². The Morgan fingerprint density at radius 2 is 2.33 bits per heavy atom. The summed E-state index contributed by atoms with van der Waals surface area (Å²) in [6, 6.07) is -0.418. The van der Waals surface area contributed by atoms with E-state index in [1.165, 1.54) is 0 Å². The summed E-state index contributed by atoms with van der Waals surface area (Å²) < 4.78 is 0. The highest BCUT2D eigenvalue weighted by atomic mass is 35.5. The van der Waals surface area contributed by atoms with E-state index < -0.39 is 6.04 Å². The molecular formula is C9H18ClN3OS. The fourth-order valence-corrected chi connectivity index (χ4v) is 1.96. The molecule has 1 aliphatic rings. The molecule has 0 radical (unpaired) electrons. The fraction of sp³-hybridized carbons (Fsp3) is 0.778. The molecular weight excluding hydrogens is 234 g/mol. The van der Waals surface area contributed by atoms with Crippen LogP contribution < -0.4 is 11.1 Å². The molecule has 4 nitrogen and oxygen atoms in total. The quantitative estimate of drug-likeness (QED) is 0.787. The summed E-state index contributed by atoms with van der Waals surface area (Å²) >= 11 is 1.57. The van der Waals surface area contributed by atoms with Crippen molar-refractivity contribution in [3.63, 3.8) is 0 Å². The first-order valence-corrected chi connectivity index (χ1v) is 5.82. The molecule has 0 bridgehead atoms. The molecule has 0 aromatic carbocycles. The summed E-state index contributed by atoms with van der Waals surface area (Å²) in [5.41, 5.74) is 5.72. The number of nitrogens with one attached hydrogen (secondary N) is 1. The highest BCUT2D eigenvalue weighted by molar-refractivity contribution is 8.14. The van der Waals surface area contributed by atoms with Crippen molar-refractivity contribution in [2.75, 3.05) is 12.3 Å². The highest BCUT2D eigenvalue weighted by Crippen LogP contribution is 2.09. The van der Waals surface area contributed by atoms with E-state index in [1.54, 1.807) is 11.8 Å². The molecule has 0 fully saturated rings. The molecule has 0 spiro atoms. The Balaban J connectivity index is 0.00000196. The molecule has 1 unspecified atom stereocenters. The molecule has 0 saturated carbocycles. The molecule has 1 aliphatic heterocycles. The van der Waals surface area contributed by atoms with Gasteiger partial charge in [0.15, 0.2) is 5.17 Å². The minimum atomic E-state index is -0.418. The SMILES string of the molecule is CC(C)CC(N)C(=O)NC1=NCCS1.Cl. The molecule has 0 aromatic rings. The molecule has 1 heterocycles. The van der Waals surface area contributed by atoms with Gasteiger partial charge in [0.25, 0.3) is 0 Å². The van der Waals surface area contributed by atoms with E-state index in [9.17, 15) is 4.79 Å². The van der Waals surface area contributed by atoms with E-state index in [0.29, 0.717) is 17.5 Å². The maximum atomic E-state index is 11.5. The maximum Gasteiger partial charge on any atom is 0.242 e. The van der Waals surface area contributed by atoms with Crippen molar-refractivity contribution < 1.29 is 4.79 Å². The second-order valence-corrected chi connectivity index (χ2v) is 4.84. The number of amides is 1. The van der Waals surface area contributed by atoms with Gasteiger partial charge in [-0.05, 0) is 12.3 Å². The number of carbonyl (C=O) groups excluding carboxylic acids is 1. The van der Waals surface area contributed by atoms with Crippen LogP contribution in [0.5, 0.6) is 0 Å². The van der Waals surface area contributed by atoms with Gasteiger partial charge in [-0.25, -0.2) is 0 Å². The first kappa shape index (κ1) is 14.7. The standard InChI is InChI=1S/C9H17N3OS.ClH/c1-6(2)5-7(10)8(13)12-9-11-3-4-14-9;/h6-7H,3-5,10H2,1-2H3,(H,11,12,13);1H. The molecule has 1 amide bonds. The van der Waals surface area contributed by atoms with E-state index in [-0.39, 0.29) is 18.3 Å². The van der Waals surface area contributed by atoms with Gasteiger partial charge in [0.2, 0.25) is 5.91 Å². The topological polar surface area (TPSA) is 67.5 Å². The Morgan fingerprint density at radius 3 is 2.80 bits per heavy atom. The van der Waals surface area contributed by atoms with Gasteiger partial charge >= 0.3 is 0 Å². The van der Waals surface area contributed by atoms with Crippen LogP contribution in [-0.2, 0) is 4.79 Å². The number of nitrogens with two attached hydrogens (primary N) is 1. The largest absolute Gasteiger partial charge is 0.320 e. The van der Waals surface area contributed by atoms with E-state index in [0.717, 1.165) is 12.3 Å². The van der Waals surface area contributed by atoms with Crippen molar-refractivity contribution in [1.82, 2.24) is 5.32 Å². The van der Waals surface area contributed by atoms with Gasteiger partial charge in [-0.2, -0.15) is 0 Å². The molecule has 1 atom stereocenters. The molecule has 6 heteroatoms. The molecule has 0 saturated heterocycles. The number of hydrogen-bond acceptors (Lipinski definition) is 4. The summed E-state index contributed by atoms with van der Waals surface area (Å²) in [6.45, 7) is 4.89. The van der Waals surface area contributed by atoms with E-state index in [2.05, 4.69) is 24.2 Å². The zero-order valence-electron chi connectivity index (χ0n) is 9.03. The summed E-state index contributed by atoms with van der Waals surface area (Å²) in [7, 11) is 0. The lowest BCUT2D eigenvalue weighted by molar-refractivity contribution is -0.121. The second kappa shape index (κ2) is 7.09. The molecule has 1 rings (SSSR count). The van der Waals surface area contributed by atoms with Crippen molar-refractivity contribution in [1.29, 1.82) is 0 Å². The Kier molecular flexibility index (Phi) is 6.96. The average Bonchev–Trinajstić information content (AvgIpc) is 2.55. The normalized spacial score (nSPS) is 16.9. The minimum Gasteiger partial charge on any atom is -0.320 e. The number of hydrogen-bond donors (Lipinski definition) is 2. The zero-order valence-corrected chi connectivity index (χ0v) is 10.7. The van der Waals surface area contributed by atoms with E-state index in [4.69, 9.17) is 5.73 Å². The number of amidine groups is 1. The first-order valence-electron chi connectivity index (χ1n) is 4.83. The number of carbonyl (C=O) groups is 1.